The van der Waals surface area contributed by atoms with E-state index in [4.69, 9.17) is 0 Å². The van der Waals surface area contributed by atoms with E-state index in [1.54, 1.807) is 0 Å². The van der Waals surface area contributed by atoms with Gasteiger partial charge in [-0.2, -0.15) is 5.10 Å². The van der Waals surface area contributed by atoms with Crippen molar-refractivity contribution in [2.45, 2.75) is 19.4 Å². The van der Waals surface area contributed by atoms with Gasteiger partial charge in [-0.3, -0.25) is 4.68 Å². The Labute approximate surface area is 108 Å². The van der Waals surface area contributed by atoms with Crippen molar-refractivity contribution in [3.8, 4) is 11.1 Å². The van der Waals surface area contributed by atoms with E-state index in [1.165, 1.54) is 30.5 Å². The summed E-state index contributed by atoms with van der Waals surface area (Å²) in [4.78, 5) is 0. The monoisotopic (exact) mass is 241 g/mol. The van der Waals surface area contributed by atoms with Gasteiger partial charge in [-0.15, -0.1) is 0 Å². The Morgan fingerprint density at radius 1 is 1.17 bits per heavy atom. The van der Waals surface area contributed by atoms with E-state index >= 15 is 0 Å². The number of benzene rings is 1. The molecule has 1 N–H and O–H groups in total. The van der Waals surface area contributed by atoms with Crippen LogP contribution in [0.3, 0.4) is 0 Å². The predicted octanol–water partition coefficient (Wildman–Crippen LogP) is 2.55. The SMILES string of the molecule is c1ccc(-c2cnn(CCNCC3CC3)c2)cc1. The number of hydrogen-bond donors (Lipinski definition) is 1. The molecule has 0 amide bonds. The second-order valence-corrected chi connectivity index (χ2v) is 5.01. The first kappa shape index (κ1) is 11.5. The van der Waals surface area contributed by atoms with Gasteiger partial charge in [0.05, 0.1) is 12.7 Å². The molecule has 0 radical (unpaired) electrons. The van der Waals surface area contributed by atoms with E-state index in [0.717, 1.165) is 19.0 Å². The van der Waals surface area contributed by atoms with Crippen LogP contribution in [0.15, 0.2) is 42.7 Å². The molecule has 18 heavy (non-hydrogen) atoms. The molecule has 1 aliphatic carbocycles. The zero-order chi connectivity index (χ0) is 12.2. The van der Waals surface area contributed by atoms with Gasteiger partial charge < -0.3 is 5.32 Å². The second-order valence-electron chi connectivity index (χ2n) is 5.01. The summed E-state index contributed by atoms with van der Waals surface area (Å²) in [5, 5.41) is 7.89. The molecule has 94 valence electrons. The molecular weight excluding hydrogens is 222 g/mol. The van der Waals surface area contributed by atoms with Gasteiger partial charge in [0.2, 0.25) is 0 Å². The smallest absolute Gasteiger partial charge is 0.0568 e. The van der Waals surface area contributed by atoms with Crippen LogP contribution in [0.5, 0.6) is 0 Å². The molecule has 0 bridgehead atoms. The van der Waals surface area contributed by atoms with Crippen LogP contribution in [0, 0.1) is 5.92 Å². The first-order valence-electron chi connectivity index (χ1n) is 6.70. The predicted molar refractivity (Wildman–Crippen MR) is 73.3 cm³/mol. The zero-order valence-corrected chi connectivity index (χ0v) is 10.5. The van der Waals surface area contributed by atoms with Gasteiger partial charge in [0.1, 0.15) is 0 Å². The summed E-state index contributed by atoms with van der Waals surface area (Å²) in [7, 11) is 0. The minimum atomic E-state index is 0.944. The molecule has 1 aromatic heterocycles. The highest BCUT2D eigenvalue weighted by Gasteiger charge is 2.19. The van der Waals surface area contributed by atoms with Gasteiger partial charge in [0, 0.05) is 18.3 Å². The van der Waals surface area contributed by atoms with E-state index in [2.05, 4.69) is 40.9 Å². The van der Waals surface area contributed by atoms with Crippen molar-refractivity contribution < 1.29 is 0 Å². The molecule has 2 aromatic rings. The van der Waals surface area contributed by atoms with Gasteiger partial charge in [-0.05, 0) is 30.9 Å². The zero-order valence-electron chi connectivity index (χ0n) is 10.5. The molecule has 0 saturated heterocycles. The Hall–Kier alpha value is -1.61. The Kier molecular flexibility index (Phi) is 3.42. The van der Waals surface area contributed by atoms with Gasteiger partial charge >= 0.3 is 0 Å². The molecule has 1 fully saturated rings. The van der Waals surface area contributed by atoms with Crippen LogP contribution in [-0.4, -0.2) is 22.9 Å². The fraction of sp³-hybridized carbons (Fsp3) is 0.400. The van der Waals surface area contributed by atoms with Crippen LogP contribution in [0.2, 0.25) is 0 Å². The Morgan fingerprint density at radius 2 is 2.00 bits per heavy atom. The topological polar surface area (TPSA) is 29.9 Å². The lowest BCUT2D eigenvalue weighted by atomic mass is 10.1. The molecule has 0 atom stereocenters. The van der Waals surface area contributed by atoms with Crippen LogP contribution in [0.4, 0.5) is 0 Å². The summed E-state index contributed by atoms with van der Waals surface area (Å²) in [6.07, 6.45) is 6.88. The summed E-state index contributed by atoms with van der Waals surface area (Å²) >= 11 is 0. The first-order valence-corrected chi connectivity index (χ1v) is 6.70. The molecule has 0 spiro atoms. The fourth-order valence-electron chi connectivity index (χ4n) is 2.09. The van der Waals surface area contributed by atoms with Crippen LogP contribution < -0.4 is 5.32 Å². The van der Waals surface area contributed by atoms with Crippen LogP contribution in [0.25, 0.3) is 11.1 Å². The van der Waals surface area contributed by atoms with Crippen molar-refractivity contribution in [1.82, 2.24) is 15.1 Å². The number of rotatable bonds is 6. The van der Waals surface area contributed by atoms with Gasteiger partial charge in [-0.1, -0.05) is 30.3 Å². The minimum absolute atomic E-state index is 0.944. The summed E-state index contributed by atoms with van der Waals surface area (Å²) in [5.74, 6) is 0.947. The second kappa shape index (κ2) is 5.36. The Morgan fingerprint density at radius 3 is 2.78 bits per heavy atom. The lowest BCUT2D eigenvalue weighted by Gasteiger charge is -2.03. The standard InChI is InChI=1S/C15H19N3/c1-2-4-14(5-3-1)15-11-17-18(12-15)9-8-16-10-13-6-7-13/h1-5,11-13,16H,6-10H2. The normalized spacial score (nSPS) is 14.9. The summed E-state index contributed by atoms with van der Waals surface area (Å²) in [5.41, 5.74) is 2.42. The lowest BCUT2D eigenvalue weighted by Crippen LogP contribution is -2.22. The van der Waals surface area contributed by atoms with E-state index in [9.17, 15) is 0 Å². The maximum atomic E-state index is 4.40. The average Bonchev–Trinajstić information content (AvgIpc) is 3.12. The van der Waals surface area contributed by atoms with E-state index in [1.807, 2.05) is 16.9 Å². The third-order valence-electron chi connectivity index (χ3n) is 3.39. The Bertz CT molecular complexity index is 485. The Balaban J connectivity index is 1.52. The highest BCUT2D eigenvalue weighted by Crippen LogP contribution is 2.27. The quantitative estimate of drug-likeness (QED) is 0.788. The summed E-state index contributed by atoms with van der Waals surface area (Å²) in [6.45, 7) is 3.12. The van der Waals surface area contributed by atoms with Gasteiger partial charge in [-0.25, -0.2) is 0 Å². The van der Waals surface area contributed by atoms with Crippen molar-refractivity contribution in [3.05, 3.63) is 42.7 Å². The molecule has 1 aliphatic rings. The molecule has 0 aliphatic heterocycles. The molecule has 0 unspecified atom stereocenters. The third kappa shape index (κ3) is 2.99. The minimum Gasteiger partial charge on any atom is -0.315 e. The molecule has 3 nitrogen and oxygen atoms in total. The first-order chi connectivity index (χ1) is 8.92. The van der Waals surface area contributed by atoms with Crippen molar-refractivity contribution in [2.75, 3.05) is 13.1 Å². The van der Waals surface area contributed by atoms with Crippen molar-refractivity contribution in [2.24, 2.45) is 5.92 Å². The van der Waals surface area contributed by atoms with Crippen LogP contribution in [0.1, 0.15) is 12.8 Å². The molecule has 3 rings (SSSR count). The van der Waals surface area contributed by atoms with Crippen LogP contribution >= 0.6 is 0 Å². The number of aromatic nitrogens is 2. The molecule has 1 heterocycles. The maximum Gasteiger partial charge on any atom is 0.0568 e. The van der Waals surface area contributed by atoms with E-state index < -0.39 is 0 Å². The highest BCUT2D eigenvalue weighted by atomic mass is 15.3. The number of nitrogens with zero attached hydrogens (tertiary/aromatic N) is 2. The van der Waals surface area contributed by atoms with Crippen molar-refractivity contribution >= 4 is 0 Å². The number of nitrogens with one attached hydrogen (secondary N) is 1. The van der Waals surface area contributed by atoms with Crippen molar-refractivity contribution in [3.63, 3.8) is 0 Å². The van der Waals surface area contributed by atoms with Gasteiger partial charge in [0.15, 0.2) is 0 Å². The summed E-state index contributed by atoms with van der Waals surface area (Å²) < 4.78 is 2.02. The van der Waals surface area contributed by atoms with Gasteiger partial charge in [0.25, 0.3) is 0 Å². The highest BCUT2D eigenvalue weighted by molar-refractivity contribution is 5.61. The average molecular weight is 241 g/mol. The molecular formula is C15H19N3. The largest absolute Gasteiger partial charge is 0.315 e. The third-order valence-corrected chi connectivity index (χ3v) is 3.39. The maximum absolute atomic E-state index is 4.40. The summed E-state index contributed by atoms with van der Waals surface area (Å²) in [6, 6.07) is 10.4. The van der Waals surface area contributed by atoms with E-state index in [-0.39, 0.29) is 0 Å². The van der Waals surface area contributed by atoms with Crippen LogP contribution in [-0.2, 0) is 6.54 Å². The lowest BCUT2D eigenvalue weighted by molar-refractivity contribution is 0.542. The molecule has 1 aromatic carbocycles. The van der Waals surface area contributed by atoms with Crippen molar-refractivity contribution in [1.29, 1.82) is 0 Å². The molecule has 3 heteroatoms. The fourth-order valence-corrected chi connectivity index (χ4v) is 2.09. The van der Waals surface area contributed by atoms with E-state index in [0.29, 0.717) is 0 Å². The number of hydrogen-bond acceptors (Lipinski definition) is 2. The molecule has 1 saturated carbocycles.